The number of aromatic amines is 1. The molecule has 112 valence electrons. The Morgan fingerprint density at radius 3 is 3.05 bits per heavy atom. The van der Waals surface area contributed by atoms with Crippen molar-refractivity contribution in [1.29, 1.82) is 0 Å². The minimum Gasteiger partial charge on any atom is -0.342 e. The van der Waals surface area contributed by atoms with Crippen LogP contribution in [0.15, 0.2) is 18.5 Å². The number of carbonyl (C=O) groups excluding carboxylic acids is 1. The molecule has 1 fully saturated rings. The van der Waals surface area contributed by atoms with Gasteiger partial charge in [-0.05, 0) is 31.4 Å². The highest BCUT2D eigenvalue weighted by Gasteiger charge is 2.27. The van der Waals surface area contributed by atoms with E-state index in [9.17, 15) is 4.79 Å². The third-order valence-corrected chi connectivity index (χ3v) is 4.45. The number of aryl methyl sites for hydroxylation is 2. The van der Waals surface area contributed by atoms with Gasteiger partial charge in [0.2, 0.25) is 5.91 Å². The quantitative estimate of drug-likeness (QED) is 0.924. The largest absolute Gasteiger partial charge is 0.342 e. The fourth-order valence-electron chi connectivity index (χ4n) is 2.92. The van der Waals surface area contributed by atoms with E-state index in [-0.39, 0.29) is 5.91 Å². The first-order valence-electron chi connectivity index (χ1n) is 7.39. The lowest BCUT2D eigenvalue weighted by atomic mass is 10.1. The molecule has 0 bridgehead atoms. The van der Waals surface area contributed by atoms with E-state index >= 15 is 0 Å². The molecular formula is C15H21N5O. The molecule has 21 heavy (non-hydrogen) atoms. The summed E-state index contributed by atoms with van der Waals surface area (Å²) < 4.78 is 1.85. The zero-order chi connectivity index (χ0) is 14.8. The van der Waals surface area contributed by atoms with Gasteiger partial charge in [-0.3, -0.25) is 14.6 Å². The molecule has 2 aromatic rings. The Labute approximate surface area is 124 Å². The maximum absolute atomic E-state index is 12.3. The minimum atomic E-state index is 0.236. The third kappa shape index (κ3) is 2.84. The van der Waals surface area contributed by atoms with Crippen LogP contribution in [0.5, 0.6) is 0 Å². The van der Waals surface area contributed by atoms with Crippen LogP contribution in [0, 0.1) is 6.92 Å². The fraction of sp³-hybridized carbons (Fsp3) is 0.533. The summed E-state index contributed by atoms with van der Waals surface area (Å²) >= 11 is 0. The van der Waals surface area contributed by atoms with E-state index in [0.717, 1.165) is 42.9 Å². The number of rotatable bonds is 4. The number of likely N-dealkylation sites (tertiary alicyclic amines) is 1. The molecule has 6 nitrogen and oxygen atoms in total. The van der Waals surface area contributed by atoms with Crippen LogP contribution in [0.25, 0.3) is 0 Å². The van der Waals surface area contributed by atoms with Gasteiger partial charge in [-0.25, -0.2) is 0 Å². The minimum absolute atomic E-state index is 0.236. The van der Waals surface area contributed by atoms with E-state index in [0.29, 0.717) is 12.3 Å². The molecule has 1 aliphatic heterocycles. The summed E-state index contributed by atoms with van der Waals surface area (Å²) in [6.07, 6.45) is 5.97. The number of nitrogens with one attached hydrogen (secondary N) is 1. The topological polar surface area (TPSA) is 66.8 Å². The molecule has 2 aromatic heterocycles. The molecule has 1 N–H and O–H groups in total. The van der Waals surface area contributed by atoms with Gasteiger partial charge in [0.1, 0.15) is 0 Å². The van der Waals surface area contributed by atoms with Crippen molar-refractivity contribution >= 4 is 5.91 Å². The highest BCUT2D eigenvalue weighted by molar-refractivity contribution is 5.76. The smallest absolute Gasteiger partial charge is 0.222 e. The number of amides is 1. The van der Waals surface area contributed by atoms with Crippen LogP contribution in [0.3, 0.4) is 0 Å². The van der Waals surface area contributed by atoms with Gasteiger partial charge >= 0.3 is 0 Å². The van der Waals surface area contributed by atoms with E-state index in [1.54, 1.807) is 6.20 Å². The van der Waals surface area contributed by atoms with E-state index in [1.807, 2.05) is 35.8 Å². The monoisotopic (exact) mass is 287 g/mol. The maximum atomic E-state index is 12.3. The van der Waals surface area contributed by atoms with Crippen molar-refractivity contribution in [1.82, 2.24) is 24.9 Å². The second-order valence-corrected chi connectivity index (χ2v) is 5.72. The molecule has 3 rings (SSSR count). The molecule has 0 aromatic carbocycles. The van der Waals surface area contributed by atoms with Crippen molar-refractivity contribution in [3.8, 4) is 0 Å². The van der Waals surface area contributed by atoms with Gasteiger partial charge in [0.05, 0.1) is 6.20 Å². The summed E-state index contributed by atoms with van der Waals surface area (Å²) in [5, 5.41) is 11.2. The van der Waals surface area contributed by atoms with Crippen LogP contribution < -0.4 is 0 Å². The molecule has 0 unspecified atom stereocenters. The van der Waals surface area contributed by atoms with Crippen molar-refractivity contribution in [2.75, 3.05) is 13.1 Å². The molecule has 0 aliphatic carbocycles. The standard InChI is InChI=1S/C15H21N5O/c1-11-12(9-17-19(11)2)3-4-15(21)20-8-6-13(10-20)14-5-7-16-18-14/h5,7,9,13H,3-4,6,8,10H2,1-2H3,(H,16,18)/t13-/m1/s1. The van der Waals surface area contributed by atoms with E-state index < -0.39 is 0 Å². The second kappa shape index (κ2) is 5.71. The number of hydrogen-bond acceptors (Lipinski definition) is 3. The van der Waals surface area contributed by atoms with Crippen LogP contribution in [-0.2, 0) is 18.3 Å². The van der Waals surface area contributed by atoms with Gasteiger partial charge in [-0.2, -0.15) is 10.2 Å². The molecule has 1 saturated heterocycles. The average Bonchev–Trinajstić information content (AvgIpc) is 3.19. The first-order chi connectivity index (χ1) is 10.1. The zero-order valence-corrected chi connectivity index (χ0v) is 12.5. The molecular weight excluding hydrogens is 266 g/mol. The Balaban J connectivity index is 1.54. The van der Waals surface area contributed by atoms with Crippen molar-refractivity contribution in [3.63, 3.8) is 0 Å². The van der Waals surface area contributed by atoms with Gasteiger partial charge in [-0.1, -0.05) is 0 Å². The number of carbonyl (C=O) groups is 1. The number of H-pyrrole nitrogens is 1. The van der Waals surface area contributed by atoms with E-state index in [4.69, 9.17) is 0 Å². The Bertz CT molecular complexity index is 616. The van der Waals surface area contributed by atoms with Gasteiger partial charge in [0, 0.05) is 50.1 Å². The lowest BCUT2D eigenvalue weighted by molar-refractivity contribution is -0.130. The zero-order valence-electron chi connectivity index (χ0n) is 12.5. The summed E-state index contributed by atoms with van der Waals surface area (Å²) in [7, 11) is 1.93. The molecule has 1 amide bonds. The Hall–Kier alpha value is -2.11. The van der Waals surface area contributed by atoms with Crippen molar-refractivity contribution < 1.29 is 4.79 Å². The molecule has 1 atom stereocenters. The predicted octanol–water partition coefficient (Wildman–Crippen LogP) is 1.40. The summed E-state index contributed by atoms with van der Waals surface area (Å²) in [6.45, 7) is 3.68. The lowest BCUT2D eigenvalue weighted by Gasteiger charge is -2.16. The normalized spacial score (nSPS) is 18.4. The van der Waals surface area contributed by atoms with Crippen molar-refractivity contribution in [3.05, 3.63) is 35.4 Å². The molecule has 3 heterocycles. The van der Waals surface area contributed by atoms with E-state index in [2.05, 4.69) is 15.3 Å². The summed E-state index contributed by atoms with van der Waals surface area (Å²) in [4.78, 5) is 14.3. The first kappa shape index (κ1) is 13.9. The highest BCUT2D eigenvalue weighted by atomic mass is 16.2. The van der Waals surface area contributed by atoms with Gasteiger partial charge in [-0.15, -0.1) is 0 Å². The highest BCUT2D eigenvalue weighted by Crippen LogP contribution is 2.26. The lowest BCUT2D eigenvalue weighted by Crippen LogP contribution is -2.28. The van der Waals surface area contributed by atoms with Crippen molar-refractivity contribution in [2.45, 2.75) is 32.1 Å². The van der Waals surface area contributed by atoms with Crippen LogP contribution in [-0.4, -0.2) is 43.9 Å². The van der Waals surface area contributed by atoms with E-state index in [1.165, 1.54) is 0 Å². The van der Waals surface area contributed by atoms with Crippen LogP contribution >= 0.6 is 0 Å². The number of nitrogens with zero attached hydrogens (tertiary/aromatic N) is 4. The summed E-state index contributed by atoms with van der Waals surface area (Å²) in [5.41, 5.74) is 3.43. The Morgan fingerprint density at radius 2 is 2.38 bits per heavy atom. The molecule has 1 aliphatic rings. The average molecular weight is 287 g/mol. The van der Waals surface area contributed by atoms with Gasteiger partial charge in [0.15, 0.2) is 0 Å². The number of aromatic nitrogens is 4. The molecule has 0 spiro atoms. The summed E-state index contributed by atoms with van der Waals surface area (Å²) in [6, 6.07) is 2.00. The van der Waals surface area contributed by atoms with Crippen molar-refractivity contribution in [2.24, 2.45) is 7.05 Å². The maximum Gasteiger partial charge on any atom is 0.222 e. The molecule has 0 radical (unpaired) electrons. The predicted molar refractivity (Wildman–Crippen MR) is 78.8 cm³/mol. The number of hydrogen-bond donors (Lipinski definition) is 1. The summed E-state index contributed by atoms with van der Waals surface area (Å²) in [5.74, 6) is 0.636. The SMILES string of the molecule is Cc1c(CCC(=O)N2CC[C@@H](c3ccn[nH]3)C2)cnn1C. The second-order valence-electron chi connectivity index (χ2n) is 5.72. The van der Waals surface area contributed by atoms with Crippen LogP contribution in [0.2, 0.25) is 0 Å². The Morgan fingerprint density at radius 1 is 1.52 bits per heavy atom. The van der Waals surface area contributed by atoms with Crippen LogP contribution in [0.1, 0.15) is 35.7 Å². The Kier molecular flexibility index (Phi) is 3.77. The third-order valence-electron chi connectivity index (χ3n) is 4.45. The van der Waals surface area contributed by atoms with Gasteiger partial charge in [0.25, 0.3) is 0 Å². The molecule has 6 heteroatoms. The molecule has 0 saturated carbocycles. The fourth-order valence-corrected chi connectivity index (χ4v) is 2.92. The van der Waals surface area contributed by atoms with Gasteiger partial charge < -0.3 is 4.90 Å². The van der Waals surface area contributed by atoms with Crippen LogP contribution in [0.4, 0.5) is 0 Å². The first-order valence-corrected chi connectivity index (χ1v) is 7.39.